The molecule has 0 aliphatic heterocycles. The molecule has 8 heteroatoms. The third kappa shape index (κ3) is 4.21. The van der Waals surface area contributed by atoms with Crippen LogP contribution in [0.5, 0.6) is 0 Å². The van der Waals surface area contributed by atoms with E-state index in [1.807, 2.05) is 32.0 Å². The lowest BCUT2D eigenvalue weighted by Gasteiger charge is -2.07. The van der Waals surface area contributed by atoms with E-state index in [2.05, 4.69) is 20.8 Å². The lowest BCUT2D eigenvalue weighted by molar-refractivity contribution is -0.113. The van der Waals surface area contributed by atoms with Crippen molar-refractivity contribution >= 4 is 23.4 Å². The third-order valence-electron chi connectivity index (χ3n) is 3.62. The standard InChI is InChI=1S/C17H16FN5OS/c1-11-6-7-15(8-12(11)2)23-17(20-21-22-23)25-10-16(24)19-14-5-3-4-13(18)9-14/h3-9H,10H2,1-2H3,(H,19,24). The van der Waals surface area contributed by atoms with Gasteiger partial charge in [0.15, 0.2) is 0 Å². The first-order valence-corrected chi connectivity index (χ1v) is 8.56. The molecule has 6 nitrogen and oxygen atoms in total. The fraction of sp³-hybridized carbons (Fsp3) is 0.176. The van der Waals surface area contributed by atoms with Gasteiger partial charge in [-0.2, -0.15) is 4.68 Å². The zero-order valence-corrected chi connectivity index (χ0v) is 14.5. The van der Waals surface area contributed by atoms with E-state index in [1.165, 1.54) is 29.5 Å². The molecule has 0 aliphatic carbocycles. The fourth-order valence-corrected chi connectivity index (χ4v) is 2.87. The molecule has 0 saturated carbocycles. The highest BCUT2D eigenvalue weighted by Crippen LogP contribution is 2.20. The van der Waals surface area contributed by atoms with Gasteiger partial charge >= 0.3 is 0 Å². The van der Waals surface area contributed by atoms with Crippen molar-refractivity contribution in [3.63, 3.8) is 0 Å². The summed E-state index contributed by atoms with van der Waals surface area (Å²) in [6.45, 7) is 4.05. The number of anilines is 1. The average molecular weight is 357 g/mol. The van der Waals surface area contributed by atoms with Crippen LogP contribution in [0.3, 0.4) is 0 Å². The number of nitrogens with zero attached hydrogens (tertiary/aromatic N) is 4. The molecule has 0 bridgehead atoms. The van der Waals surface area contributed by atoms with Gasteiger partial charge in [-0.25, -0.2) is 4.39 Å². The first-order chi connectivity index (χ1) is 12.0. The van der Waals surface area contributed by atoms with Gasteiger partial charge in [-0.3, -0.25) is 4.79 Å². The van der Waals surface area contributed by atoms with E-state index in [9.17, 15) is 9.18 Å². The fourth-order valence-electron chi connectivity index (χ4n) is 2.18. The monoisotopic (exact) mass is 357 g/mol. The van der Waals surface area contributed by atoms with Crippen molar-refractivity contribution in [2.45, 2.75) is 19.0 Å². The van der Waals surface area contributed by atoms with Crippen molar-refractivity contribution in [1.82, 2.24) is 20.2 Å². The molecule has 0 aliphatic rings. The molecule has 0 saturated heterocycles. The summed E-state index contributed by atoms with van der Waals surface area (Å²) in [7, 11) is 0. The topological polar surface area (TPSA) is 72.7 Å². The number of aromatic nitrogens is 4. The summed E-state index contributed by atoms with van der Waals surface area (Å²) in [5, 5.41) is 14.8. The number of tetrazole rings is 1. The molecule has 1 N–H and O–H groups in total. The first-order valence-electron chi connectivity index (χ1n) is 7.57. The molecule has 2 aromatic carbocycles. The highest BCUT2D eigenvalue weighted by Gasteiger charge is 2.12. The van der Waals surface area contributed by atoms with E-state index in [4.69, 9.17) is 0 Å². The molecule has 1 aromatic heterocycles. The molecule has 0 spiro atoms. The molecule has 3 aromatic rings. The van der Waals surface area contributed by atoms with Gasteiger partial charge in [-0.05, 0) is 65.7 Å². The number of nitrogens with one attached hydrogen (secondary N) is 1. The highest BCUT2D eigenvalue weighted by atomic mass is 32.2. The van der Waals surface area contributed by atoms with Crippen LogP contribution >= 0.6 is 11.8 Å². The second-order valence-corrected chi connectivity index (χ2v) is 6.43. The largest absolute Gasteiger partial charge is 0.325 e. The van der Waals surface area contributed by atoms with Gasteiger partial charge in [-0.1, -0.05) is 23.9 Å². The van der Waals surface area contributed by atoms with Gasteiger partial charge in [0.2, 0.25) is 11.1 Å². The van der Waals surface area contributed by atoms with Crippen LogP contribution in [0.4, 0.5) is 10.1 Å². The van der Waals surface area contributed by atoms with Gasteiger partial charge < -0.3 is 5.32 Å². The Hall–Kier alpha value is -2.74. The molecule has 0 atom stereocenters. The molecule has 0 fully saturated rings. The van der Waals surface area contributed by atoms with Crippen LogP contribution in [0.25, 0.3) is 5.69 Å². The van der Waals surface area contributed by atoms with Crippen molar-refractivity contribution in [2.24, 2.45) is 0 Å². The van der Waals surface area contributed by atoms with Crippen LogP contribution < -0.4 is 5.32 Å². The Balaban J connectivity index is 1.67. The number of rotatable bonds is 5. The SMILES string of the molecule is Cc1ccc(-n2nnnc2SCC(=O)Nc2cccc(F)c2)cc1C. The second-order valence-electron chi connectivity index (χ2n) is 5.49. The molecular weight excluding hydrogens is 341 g/mol. The van der Waals surface area contributed by atoms with Crippen LogP contribution in [0.15, 0.2) is 47.6 Å². The number of thioether (sulfide) groups is 1. The summed E-state index contributed by atoms with van der Waals surface area (Å²) in [6.07, 6.45) is 0. The van der Waals surface area contributed by atoms with Gasteiger partial charge in [0.25, 0.3) is 0 Å². The predicted molar refractivity (Wildman–Crippen MR) is 94.4 cm³/mol. The number of hydrogen-bond acceptors (Lipinski definition) is 5. The number of aryl methyl sites for hydroxylation is 2. The maximum Gasteiger partial charge on any atom is 0.234 e. The number of hydrogen-bond donors (Lipinski definition) is 1. The van der Waals surface area contributed by atoms with Crippen molar-refractivity contribution in [3.05, 3.63) is 59.4 Å². The van der Waals surface area contributed by atoms with Gasteiger partial charge in [-0.15, -0.1) is 5.10 Å². The van der Waals surface area contributed by atoms with E-state index in [-0.39, 0.29) is 11.7 Å². The number of carbonyl (C=O) groups excluding carboxylic acids is 1. The molecule has 0 radical (unpaired) electrons. The number of halogens is 1. The number of carbonyl (C=O) groups is 1. The third-order valence-corrected chi connectivity index (χ3v) is 4.54. The minimum atomic E-state index is -0.399. The first kappa shape index (κ1) is 17.1. The van der Waals surface area contributed by atoms with E-state index in [1.54, 1.807) is 16.8 Å². The lowest BCUT2D eigenvalue weighted by Crippen LogP contribution is -2.14. The molecular formula is C17H16FN5OS. The molecule has 1 heterocycles. The Morgan fingerprint density at radius 3 is 2.80 bits per heavy atom. The summed E-state index contributed by atoms with van der Waals surface area (Å²) in [5.74, 6) is -0.545. The van der Waals surface area contributed by atoms with E-state index in [0.29, 0.717) is 10.8 Å². The van der Waals surface area contributed by atoms with Crippen LogP contribution in [0, 0.1) is 19.7 Å². The zero-order chi connectivity index (χ0) is 17.8. The second kappa shape index (κ2) is 7.43. The highest BCUT2D eigenvalue weighted by molar-refractivity contribution is 7.99. The molecule has 1 amide bonds. The zero-order valence-electron chi connectivity index (χ0n) is 13.7. The molecule has 0 unspecified atom stereocenters. The minimum absolute atomic E-state index is 0.113. The molecule has 128 valence electrons. The maximum atomic E-state index is 13.1. The van der Waals surface area contributed by atoms with Gasteiger partial charge in [0.1, 0.15) is 5.82 Å². The summed E-state index contributed by atoms with van der Waals surface area (Å²) in [4.78, 5) is 12.0. The number of amides is 1. The van der Waals surface area contributed by atoms with Crippen molar-refractivity contribution < 1.29 is 9.18 Å². The quantitative estimate of drug-likeness (QED) is 0.710. The lowest BCUT2D eigenvalue weighted by atomic mass is 10.1. The Morgan fingerprint density at radius 1 is 1.20 bits per heavy atom. The maximum absolute atomic E-state index is 13.1. The normalized spacial score (nSPS) is 10.7. The summed E-state index contributed by atoms with van der Waals surface area (Å²) >= 11 is 1.21. The Bertz CT molecular complexity index is 912. The Morgan fingerprint density at radius 2 is 2.04 bits per heavy atom. The Labute approximate surface area is 148 Å². The summed E-state index contributed by atoms with van der Waals surface area (Å²) in [5.41, 5.74) is 3.56. The predicted octanol–water partition coefficient (Wildman–Crippen LogP) is 3.15. The summed E-state index contributed by atoms with van der Waals surface area (Å²) < 4.78 is 14.7. The minimum Gasteiger partial charge on any atom is -0.325 e. The van der Waals surface area contributed by atoms with Crippen molar-refractivity contribution in [3.8, 4) is 5.69 Å². The average Bonchev–Trinajstić information content (AvgIpc) is 3.04. The number of benzene rings is 2. The molecule has 25 heavy (non-hydrogen) atoms. The van der Waals surface area contributed by atoms with E-state index < -0.39 is 5.82 Å². The molecule has 3 rings (SSSR count). The van der Waals surface area contributed by atoms with Crippen LogP contribution in [0.2, 0.25) is 0 Å². The van der Waals surface area contributed by atoms with Crippen LogP contribution in [-0.2, 0) is 4.79 Å². The van der Waals surface area contributed by atoms with Crippen LogP contribution in [0.1, 0.15) is 11.1 Å². The van der Waals surface area contributed by atoms with Crippen molar-refractivity contribution in [1.29, 1.82) is 0 Å². The van der Waals surface area contributed by atoms with E-state index in [0.717, 1.165) is 11.3 Å². The van der Waals surface area contributed by atoms with Gasteiger partial charge in [0, 0.05) is 5.69 Å². The van der Waals surface area contributed by atoms with E-state index >= 15 is 0 Å². The smallest absolute Gasteiger partial charge is 0.234 e. The van der Waals surface area contributed by atoms with Crippen molar-refractivity contribution in [2.75, 3.05) is 11.1 Å². The Kier molecular flexibility index (Phi) is 5.08. The van der Waals surface area contributed by atoms with Crippen LogP contribution in [-0.4, -0.2) is 31.9 Å². The summed E-state index contributed by atoms with van der Waals surface area (Å²) in [6, 6.07) is 11.7. The van der Waals surface area contributed by atoms with Gasteiger partial charge in [0.05, 0.1) is 11.4 Å².